The molecule has 0 saturated carbocycles. The van der Waals surface area contributed by atoms with E-state index in [0.717, 1.165) is 13.1 Å². The van der Waals surface area contributed by atoms with Gasteiger partial charge in [0.15, 0.2) is 0 Å². The molecule has 0 saturated heterocycles. The van der Waals surface area contributed by atoms with Crippen LogP contribution in [0.3, 0.4) is 0 Å². The molecule has 0 rings (SSSR count). The molecule has 0 heterocycles. The Bertz CT molecular complexity index is 204. The summed E-state index contributed by atoms with van der Waals surface area (Å²) >= 11 is 0. The average Bonchev–Trinajstić information content (AvgIpc) is 2.15. The SMILES string of the molecule is CCN(CC)C(=O)N(C)C(C)C(C)(C)C. The van der Waals surface area contributed by atoms with Gasteiger partial charge in [-0.05, 0) is 26.2 Å². The van der Waals surface area contributed by atoms with Crippen LogP contribution in [0.1, 0.15) is 41.5 Å². The summed E-state index contributed by atoms with van der Waals surface area (Å²) < 4.78 is 0. The summed E-state index contributed by atoms with van der Waals surface area (Å²) in [5.41, 5.74) is 0.123. The van der Waals surface area contributed by atoms with Crippen molar-refractivity contribution in [3.63, 3.8) is 0 Å². The molecule has 0 aliphatic carbocycles. The van der Waals surface area contributed by atoms with Crippen molar-refractivity contribution in [3.8, 4) is 0 Å². The van der Waals surface area contributed by atoms with Gasteiger partial charge in [0.25, 0.3) is 0 Å². The molecule has 90 valence electrons. The summed E-state index contributed by atoms with van der Waals surface area (Å²) in [6.07, 6.45) is 0. The Labute approximate surface area is 94.4 Å². The van der Waals surface area contributed by atoms with Gasteiger partial charge in [-0.2, -0.15) is 0 Å². The molecule has 3 heteroatoms. The van der Waals surface area contributed by atoms with Gasteiger partial charge in [0, 0.05) is 26.2 Å². The molecule has 2 amide bonds. The van der Waals surface area contributed by atoms with Crippen LogP contribution in [0.4, 0.5) is 4.79 Å². The third-order valence-electron chi connectivity index (χ3n) is 3.17. The lowest BCUT2D eigenvalue weighted by atomic mass is 9.87. The van der Waals surface area contributed by atoms with Crippen molar-refractivity contribution in [2.24, 2.45) is 5.41 Å². The minimum atomic E-state index is 0.123. The first-order valence-electron chi connectivity index (χ1n) is 5.77. The number of nitrogens with zero attached hydrogens (tertiary/aromatic N) is 2. The lowest BCUT2D eigenvalue weighted by Gasteiger charge is -2.37. The Morgan fingerprint density at radius 2 is 1.60 bits per heavy atom. The third-order valence-corrected chi connectivity index (χ3v) is 3.17. The molecule has 0 aliphatic heterocycles. The molecule has 0 aliphatic rings. The van der Waals surface area contributed by atoms with Crippen LogP contribution in [-0.4, -0.2) is 42.0 Å². The second kappa shape index (κ2) is 5.38. The van der Waals surface area contributed by atoms with Gasteiger partial charge in [0.1, 0.15) is 0 Å². The topological polar surface area (TPSA) is 23.6 Å². The standard InChI is InChI=1S/C12H26N2O/c1-8-14(9-2)11(15)13(7)10(3)12(4,5)6/h10H,8-9H2,1-7H3. The van der Waals surface area contributed by atoms with E-state index >= 15 is 0 Å². The number of carbonyl (C=O) groups excluding carboxylic acids is 1. The Kier molecular flexibility index (Phi) is 5.12. The van der Waals surface area contributed by atoms with Crippen molar-refractivity contribution in [1.82, 2.24) is 9.80 Å². The van der Waals surface area contributed by atoms with Crippen LogP contribution in [0, 0.1) is 5.41 Å². The summed E-state index contributed by atoms with van der Waals surface area (Å²) in [5.74, 6) is 0. The van der Waals surface area contributed by atoms with Crippen LogP contribution in [-0.2, 0) is 0 Å². The Morgan fingerprint density at radius 3 is 1.87 bits per heavy atom. The molecule has 0 aromatic carbocycles. The van der Waals surface area contributed by atoms with Crippen LogP contribution >= 0.6 is 0 Å². The highest BCUT2D eigenvalue weighted by atomic mass is 16.2. The average molecular weight is 214 g/mol. The fraction of sp³-hybridized carbons (Fsp3) is 0.917. The molecule has 1 atom stereocenters. The lowest BCUT2D eigenvalue weighted by Crippen LogP contribution is -2.49. The molecule has 3 nitrogen and oxygen atoms in total. The molecule has 0 aromatic heterocycles. The highest BCUT2D eigenvalue weighted by Gasteiger charge is 2.28. The van der Waals surface area contributed by atoms with Gasteiger partial charge in [0.2, 0.25) is 0 Å². The fourth-order valence-corrected chi connectivity index (χ4v) is 1.46. The highest BCUT2D eigenvalue weighted by Crippen LogP contribution is 2.23. The second-order valence-corrected chi connectivity index (χ2v) is 5.11. The first-order chi connectivity index (χ1) is 6.75. The summed E-state index contributed by atoms with van der Waals surface area (Å²) in [4.78, 5) is 15.7. The highest BCUT2D eigenvalue weighted by molar-refractivity contribution is 5.74. The molecule has 0 spiro atoms. The van der Waals surface area contributed by atoms with Gasteiger partial charge in [-0.25, -0.2) is 4.79 Å². The number of rotatable bonds is 3. The van der Waals surface area contributed by atoms with Crippen molar-refractivity contribution < 1.29 is 4.79 Å². The van der Waals surface area contributed by atoms with E-state index in [-0.39, 0.29) is 17.5 Å². The van der Waals surface area contributed by atoms with E-state index in [2.05, 4.69) is 27.7 Å². The quantitative estimate of drug-likeness (QED) is 0.708. The van der Waals surface area contributed by atoms with Gasteiger partial charge in [0.05, 0.1) is 0 Å². The first-order valence-corrected chi connectivity index (χ1v) is 5.77. The Hall–Kier alpha value is -0.730. The zero-order valence-electron chi connectivity index (χ0n) is 11.3. The molecule has 1 unspecified atom stereocenters. The summed E-state index contributed by atoms with van der Waals surface area (Å²) in [6.45, 7) is 14.1. The largest absolute Gasteiger partial charge is 0.325 e. The van der Waals surface area contributed by atoms with Crippen molar-refractivity contribution in [2.75, 3.05) is 20.1 Å². The summed E-state index contributed by atoms with van der Waals surface area (Å²) in [5, 5.41) is 0. The predicted octanol–water partition coefficient (Wildman–Crippen LogP) is 2.81. The van der Waals surface area contributed by atoms with E-state index in [9.17, 15) is 4.79 Å². The minimum Gasteiger partial charge on any atom is -0.325 e. The predicted molar refractivity (Wildman–Crippen MR) is 65.0 cm³/mol. The van der Waals surface area contributed by atoms with Crippen LogP contribution in [0.5, 0.6) is 0 Å². The van der Waals surface area contributed by atoms with Crippen molar-refractivity contribution >= 4 is 6.03 Å². The van der Waals surface area contributed by atoms with Crippen molar-refractivity contribution in [2.45, 2.75) is 47.6 Å². The van der Waals surface area contributed by atoms with E-state index in [4.69, 9.17) is 0 Å². The number of hydrogen-bond donors (Lipinski definition) is 0. The van der Waals surface area contributed by atoms with Crippen LogP contribution in [0.15, 0.2) is 0 Å². The third kappa shape index (κ3) is 3.73. The molecule has 0 bridgehead atoms. The summed E-state index contributed by atoms with van der Waals surface area (Å²) in [6, 6.07) is 0.369. The van der Waals surface area contributed by atoms with Gasteiger partial charge >= 0.3 is 6.03 Å². The Balaban J connectivity index is 4.57. The molecule has 0 fully saturated rings. The lowest BCUT2D eigenvalue weighted by molar-refractivity contribution is 0.117. The van der Waals surface area contributed by atoms with E-state index in [1.165, 1.54) is 0 Å². The number of urea groups is 1. The maximum absolute atomic E-state index is 12.0. The molecule has 0 radical (unpaired) electrons. The van der Waals surface area contributed by atoms with E-state index < -0.39 is 0 Å². The van der Waals surface area contributed by atoms with E-state index in [1.807, 2.05) is 30.7 Å². The fourth-order valence-electron chi connectivity index (χ4n) is 1.46. The minimum absolute atomic E-state index is 0.123. The maximum atomic E-state index is 12.0. The van der Waals surface area contributed by atoms with Crippen molar-refractivity contribution in [1.29, 1.82) is 0 Å². The molecule has 0 aromatic rings. The Morgan fingerprint density at radius 1 is 1.20 bits per heavy atom. The normalized spacial score (nSPS) is 13.5. The molecular weight excluding hydrogens is 188 g/mol. The van der Waals surface area contributed by atoms with Gasteiger partial charge in [-0.1, -0.05) is 20.8 Å². The zero-order chi connectivity index (χ0) is 12.2. The van der Waals surface area contributed by atoms with Crippen LogP contribution < -0.4 is 0 Å². The second-order valence-electron chi connectivity index (χ2n) is 5.11. The van der Waals surface area contributed by atoms with Crippen LogP contribution in [0.25, 0.3) is 0 Å². The first kappa shape index (κ1) is 14.3. The van der Waals surface area contributed by atoms with Crippen molar-refractivity contribution in [3.05, 3.63) is 0 Å². The molecular formula is C12H26N2O. The molecule has 0 N–H and O–H groups in total. The maximum Gasteiger partial charge on any atom is 0.319 e. The summed E-state index contributed by atoms with van der Waals surface area (Å²) in [7, 11) is 1.89. The van der Waals surface area contributed by atoms with E-state index in [0.29, 0.717) is 0 Å². The van der Waals surface area contributed by atoms with Gasteiger partial charge in [-0.3, -0.25) is 0 Å². The smallest absolute Gasteiger partial charge is 0.319 e. The number of carbonyl (C=O) groups is 1. The monoisotopic (exact) mass is 214 g/mol. The van der Waals surface area contributed by atoms with Gasteiger partial charge in [-0.15, -0.1) is 0 Å². The van der Waals surface area contributed by atoms with E-state index in [1.54, 1.807) is 0 Å². The number of hydrogen-bond acceptors (Lipinski definition) is 1. The number of amides is 2. The molecule has 15 heavy (non-hydrogen) atoms. The van der Waals surface area contributed by atoms with Crippen LogP contribution in [0.2, 0.25) is 0 Å². The zero-order valence-corrected chi connectivity index (χ0v) is 11.3. The van der Waals surface area contributed by atoms with Gasteiger partial charge < -0.3 is 9.80 Å².